The maximum absolute atomic E-state index is 9.10. The summed E-state index contributed by atoms with van der Waals surface area (Å²) in [4.78, 5) is 0. The molecule has 2 N–H and O–H groups in total. The molecule has 0 aromatic rings. The quantitative estimate of drug-likeness (QED) is 0.682. The first-order chi connectivity index (χ1) is 5.83. The molecule has 1 atom stereocenters. The van der Waals surface area contributed by atoms with E-state index in [1.165, 1.54) is 0 Å². The van der Waals surface area contributed by atoms with Crippen molar-refractivity contribution in [3.05, 3.63) is 0 Å². The largest absolute Gasteiger partial charge is 0.394 e. The second kappa shape index (κ2) is 4.94. The molecule has 0 radical (unpaired) electrons. The van der Waals surface area contributed by atoms with Crippen LogP contribution >= 0.6 is 0 Å². The number of likely N-dealkylation sites (N-methyl/N-ethyl adjacent to an activating group) is 1. The first kappa shape index (κ1) is 12.9. The molecule has 0 aliphatic rings. The molecule has 3 nitrogen and oxygen atoms in total. The van der Waals surface area contributed by atoms with Crippen LogP contribution in [0.4, 0.5) is 0 Å². The summed E-state index contributed by atoms with van der Waals surface area (Å²) >= 11 is 0. The number of rotatable bonds is 5. The lowest BCUT2D eigenvalue weighted by molar-refractivity contribution is -0.0162. The van der Waals surface area contributed by atoms with Crippen molar-refractivity contribution < 1.29 is 9.84 Å². The summed E-state index contributed by atoms with van der Waals surface area (Å²) in [5.74, 6) is 0. The zero-order chi connectivity index (χ0) is 10.5. The highest BCUT2D eigenvalue weighted by Crippen LogP contribution is 2.12. The molecule has 0 saturated heterocycles. The number of hydrogen-bond acceptors (Lipinski definition) is 3. The molecule has 1 unspecified atom stereocenters. The lowest BCUT2D eigenvalue weighted by Crippen LogP contribution is -2.44. The minimum Gasteiger partial charge on any atom is -0.394 e. The molecular weight excluding hydrogens is 166 g/mol. The molecule has 0 saturated carbocycles. The van der Waals surface area contributed by atoms with Crippen LogP contribution < -0.4 is 5.32 Å². The molecular formula is C10H23NO2. The van der Waals surface area contributed by atoms with E-state index in [1.807, 2.05) is 34.7 Å². The standard InChI is InChI=1S/C10H23NO2/c1-9(2,3)13-7-6-10(4,8-12)11-5/h11-12H,6-8H2,1-5H3. The molecule has 0 aliphatic heterocycles. The van der Waals surface area contributed by atoms with E-state index in [2.05, 4.69) is 5.32 Å². The normalized spacial score (nSPS) is 17.1. The van der Waals surface area contributed by atoms with Crippen molar-refractivity contribution in [2.24, 2.45) is 0 Å². The Bertz CT molecular complexity index is 136. The van der Waals surface area contributed by atoms with Crippen LogP contribution in [-0.4, -0.2) is 36.5 Å². The van der Waals surface area contributed by atoms with Crippen LogP contribution in [0.3, 0.4) is 0 Å². The molecule has 80 valence electrons. The third kappa shape index (κ3) is 6.02. The van der Waals surface area contributed by atoms with Gasteiger partial charge < -0.3 is 15.2 Å². The van der Waals surface area contributed by atoms with Gasteiger partial charge in [-0.15, -0.1) is 0 Å². The molecule has 0 heterocycles. The summed E-state index contributed by atoms with van der Waals surface area (Å²) in [5.41, 5.74) is -0.310. The van der Waals surface area contributed by atoms with Gasteiger partial charge in [0.25, 0.3) is 0 Å². The van der Waals surface area contributed by atoms with Crippen LogP contribution in [0.15, 0.2) is 0 Å². The van der Waals surface area contributed by atoms with E-state index in [9.17, 15) is 0 Å². The van der Waals surface area contributed by atoms with Gasteiger partial charge >= 0.3 is 0 Å². The van der Waals surface area contributed by atoms with E-state index < -0.39 is 0 Å². The number of ether oxygens (including phenoxy) is 1. The molecule has 0 aliphatic carbocycles. The predicted octanol–water partition coefficient (Wildman–Crippen LogP) is 1.16. The van der Waals surface area contributed by atoms with Crippen molar-refractivity contribution in [3.8, 4) is 0 Å². The minimum absolute atomic E-state index is 0.0931. The lowest BCUT2D eigenvalue weighted by atomic mass is 10.00. The Morgan fingerprint density at radius 3 is 2.08 bits per heavy atom. The van der Waals surface area contributed by atoms with Gasteiger partial charge in [0.2, 0.25) is 0 Å². The van der Waals surface area contributed by atoms with Gasteiger partial charge in [0.1, 0.15) is 0 Å². The molecule has 0 fully saturated rings. The molecule has 0 aromatic carbocycles. The Morgan fingerprint density at radius 2 is 1.77 bits per heavy atom. The molecule has 3 heteroatoms. The molecule has 0 amide bonds. The molecule has 0 bridgehead atoms. The van der Waals surface area contributed by atoms with E-state index in [0.29, 0.717) is 6.61 Å². The fourth-order valence-corrected chi connectivity index (χ4v) is 0.866. The van der Waals surface area contributed by atoms with Crippen molar-refractivity contribution >= 4 is 0 Å². The van der Waals surface area contributed by atoms with Gasteiger partial charge in [-0.1, -0.05) is 0 Å². The van der Waals surface area contributed by atoms with Crippen molar-refractivity contribution in [1.29, 1.82) is 0 Å². The van der Waals surface area contributed by atoms with Crippen molar-refractivity contribution in [1.82, 2.24) is 5.32 Å². The van der Waals surface area contributed by atoms with Gasteiger partial charge in [-0.05, 0) is 41.2 Å². The Balaban J connectivity index is 3.74. The highest BCUT2D eigenvalue weighted by atomic mass is 16.5. The highest BCUT2D eigenvalue weighted by Gasteiger charge is 2.21. The first-order valence-electron chi connectivity index (χ1n) is 4.77. The second-order valence-electron chi connectivity index (χ2n) is 4.68. The number of nitrogens with one attached hydrogen (secondary N) is 1. The summed E-state index contributed by atoms with van der Waals surface area (Å²) in [5, 5.41) is 12.2. The fraction of sp³-hybridized carbons (Fsp3) is 1.00. The molecule has 0 rings (SSSR count). The zero-order valence-electron chi connectivity index (χ0n) is 9.48. The second-order valence-corrected chi connectivity index (χ2v) is 4.68. The van der Waals surface area contributed by atoms with Crippen molar-refractivity contribution in [2.45, 2.75) is 45.3 Å². The molecule has 13 heavy (non-hydrogen) atoms. The number of aliphatic hydroxyl groups excluding tert-OH is 1. The number of hydrogen-bond donors (Lipinski definition) is 2. The van der Waals surface area contributed by atoms with Crippen LogP contribution in [0.2, 0.25) is 0 Å². The topological polar surface area (TPSA) is 41.5 Å². The monoisotopic (exact) mass is 189 g/mol. The predicted molar refractivity (Wildman–Crippen MR) is 54.9 cm³/mol. The van der Waals surface area contributed by atoms with E-state index in [0.717, 1.165) is 6.42 Å². The first-order valence-corrected chi connectivity index (χ1v) is 4.77. The lowest BCUT2D eigenvalue weighted by Gasteiger charge is -2.28. The Hall–Kier alpha value is -0.120. The van der Waals surface area contributed by atoms with E-state index >= 15 is 0 Å². The Kier molecular flexibility index (Phi) is 4.89. The van der Waals surface area contributed by atoms with Crippen LogP contribution in [0, 0.1) is 0 Å². The van der Waals surface area contributed by atoms with Gasteiger partial charge in [-0.3, -0.25) is 0 Å². The third-order valence-electron chi connectivity index (χ3n) is 2.14. The summed E-state index contributed by atoms with van der Waals surface area (Å²) in [6, 6.07) is 0. The van der Waals surface area contributed by atoms with Crippen LogP contribution in [-0.2, 0) is 4.74 Å². The molecule has 0 aromatic heterocycles. The van der Waals surface area contributed by atoms with E-state index in [-0.39, 0.29) is 17.7 Å². The summed E-state index contributed by atoms with van der Waals surface area (Å²) in [7, 11) is 1.85. The Morgan fingerprint density at radius 1 is 1.23 bits per heavy atom. The number of aliphatic hydroxyl groups is 1. The maximum Gasteiger partial charge on any atom is 0.0611 e. The van der Waals surface area contributed by atoms with E-state index in [1.54, 1.807) is 0 Å². The van der Waals surface area contributed by atoms with Crippen molar-refractivity contribution in [2.75, 3.05) is 20.3 Å². The maximum atomic E-state index is 9.10. The van der Waals surface area contributed by atoms with Gasteiger partial charge in [-0.25, -0.2) is 0 Å². The average molecular weight is 189 g/mol. The van der Waals surface area contributed by atoms with Gasteiger partial charge in [0.15, 0.2) is 0 Å². The zero-order valence-corrected chi connectivity index (χ0v) is 9.48. The molecule has 0 spiro atoms. The summed E-state index contributed by atoms with van der Waals surface area (Å²) in [6.07, 6.45) is 0.817. The van der Waals surface area contributed by atoms with Crippen LogP contribution in [0.25, 0.3) is 0 Å². The van der Waals surface area contributed by atoms with Gasteiger partial charge in [0, 0.05) is 12.1 Å². The fourth-order valence-electron chi connectivity index (χ4n) is 0.866. The van der Waals surface area contributed by atoms with Crippen LogP contribution in [0.1, 0.15) is 34.1 Å². The highest BCUT2D eigenvalue weighted by molar-refractivity contribution is 4.80. The van der Waals surface area contributed by atoms with Crippen molar-refractivity contribution in [3.63, 3.8) is 0 Å². The van der Waals surface area contributed by atoms with Gasteiger partial charge in [-0.2, -0.15) is 0 Å². The van der Waals surface area contributed by atoms with E-state index in [4.69, 9.17) is 9.84 Å². The van der Waals surface area contributed by atoms with Gasteiger partial charge in [0.05, 0.1) is 12.2 Å². The summed E-state index contributed by atoms with van der Waals surface area (Å²) in [6.45, 7) is 8.88. The Labute approximate surface area is 81.5 Å². The van der Waals surface area contributed by atoms with Crippen LogP contribution in [0.5, 0.6) is 0 Å². The smallest absolute Gasteiger partial charge is 0.0611 e. The minimum atomic E-state index is -0.217. The third-order valence-corrected chi connectivity index (χ3v) is 2.14. The summed E-state index contributed by atoms with van der Waals surface area (Å²) < 4.78 is 5.58. The SMILES string of the molecule is CNC(C)(CO)CCOC(C)(C)C. The average Bonchev–Trinajstić information content (AvgIpc) is 2.02.